The van der Waals surface area contributed by atoms with Gasteiger partial charge in [0.05, 0.1) is 18.1 Å². The number of hydrogen-bond acceptors (Lipinski definition) is 5. The Hall–Kier alpha value is -2.25. The maximum Gasteiger partial charge on any atom is 0.302 e. The Morgan fingerprint density at radius 1 is 1.22 bits per heavy atom. The van der Waals surface area contributed by atoms with Crippen LogP contribution in [-0.4, -0.2) is 27.6 Å². The van der Waals surface area contributed by atoms with Crippen LogP contribution in [0.2, 0.25) is 0 Å². The second kappa shape index (κ2) is 7.40. The second-order valence-electron chi connectivity index (χ2n) is 6.90. The summed E-state index contributed by atoms with van der Waals surface area (Å²) in [6.45, 7) is 3.17. The van der Waals surface area contributed by atoms with Crippen LogP contribution >= 0.6 is 0 Å². The lowest BCUT2D eigenvalue weighted by molar-refractivity contribution is -0.141. The van der Waals surface area contributed by atoms with E-state index < -0.39 is 27.3 Å². The van der Waals surface area contributed by atoms with E-state index in [1.807, 2.05) is 6.92 Å². The monoisotopic (exact) mass is 392 g/mol. The van der Waals surface area contributed by atoms with Crippen molar-refractivity contribution in [2.75, 3.05) is 13.2 Å². The number of ether oxygens (including phenoxy) is 1. The zero-order valence-electron chi connectivity index (χ0n) is 15.1. The van der Waals surface area contributed by atoms with Crippen molar-refractivity contribution in [3.63, 3.8) is 0 Å². The van der Waals surface area contributed by atoms with E-state index in [2.05, 4.69) is 0 Å². The van der Waals surface area contributed by atoms with E-state index in [0.29, 0.717) is 12.0 Å². The molecule has 0 spiro atoms. The normalized spacial score (nSPS) is 21.7. The van der Waals surface area contributed by atoms with Crippen LogP contribution < -0.4 is 0 Å². The first-order chi connectivity index (χ1) is 12.7. The Bertz CT molecular complexity index is 939. The van der Waals surface area contributed by atoms with Crippen molar-refractivity contribution in [1.82, 2.24) is 0 Å². The summed E-state index contributed by atoms with van der Waals surface area (Å²) in [7, 11) is -3.94. The van der Waals surface area contributed by atoms with Gasteiger partial charge in [0.15, 0.2) is 0 Å². The molecule has 0 bridgehead atoms. The van der Waals surface area contributed by atoms with Gasteiger partial charge in [0.2, 0.25) is 0 Å². The van der Waals surface area contributed by atoms with Gasteiger partial charge >= 0.3 is 5.97 Å². The van der Waals surface area contributed by atoms with Crippen LogP contribution in [0.1, 0.15) is 24.5 Å². The Kier molecular flexibility index (Phi) is 5.35. The number of esters is 1. The number of carbonyl (C=O) groups excluding carboxylic acids is 1. The largest absolute Gasteiger partial charge is 0.466 e. The van der Waals surface area contributed by atoms with Crippen LogP contribution in [-0.2, 0) is 29.2 Å². The lowest BCUT2D eigenvalue weighted by Crippen LogP contribution is -2.23. The van der Waals surface area contributed by atoms with E-state index in [-0.39, 0.29) is 24.0 Å². The highest BCUT2D eigenvalue weighted by atomic mass is 32.2. The Morgan fingerprint density at radius 2 is 1.93 bits per heavy atom. The summed E-state index contributed by atoms with van der Waals surface area (Å²) in [6, 6.07) is 12.4. The third-order valence-corrected chi connectivity index (χ3v) is 6.18. The van der Waals surface area contributed by atoms with Crippen molar-refractivity contribution in [1.29, 1.82) is 0 Å². The fraction of sp³-hybridized carbons (Fsp3) is 0.350. The predicted molar refractivity (Wildman–Crippen MR) is 97.1 cm³/mol. The van der Waals surface area contributed by atoms with Gasteiger partial charge in [-0.15, -0.1) is 0 Å². The molecule has 2 unspecified atom stereocenters. The molecular weight excluding hydrogens is 371 g/mol. The van der Waals surface area contributed by atoms with Gasteiger partial charge in [-0.3, -0.25) is 8.98 Å². The molecule has 5 nitrogen and oxygen atoms in total. The van der Waals surface area contributed by atoms with Gasteiger partial charge in [-0.1, -0.05) is 29.8 Å². The summed E-state index contributed by atoms with van der Waals surface area (Å²) < 4.78 is 49.1. The Morgan fingerprint density at radius 3 is 2.56 bits per heavy atom. The first-order valence-corrected chi connectivity index (χ1v) is 9.99. The molecule has 2 aromatic carbocycles. The molecule has 0 heterocycles. The highest BCUT2D eigenvalue weighted by Crippen LogP contribution is 2.55. The minimum absolute atomic E-state index is 0.0691. The van der Waals surface area contributed by atoms with E-state index in [0.717, 1.165) is 5.56 Å². The minimum atomic E-state index is -3.94. The molecule has 0 saturated heterocycles. The summed E-state index contributed by atoms with van der Waals surface area (Å²) in [5.41, 5.74) is 0.877. The Balaban J connectivity index is 1.80. The molecule has 1 aliphatic rings. The molecule has 27 heavy (non-hydrogen) atoms. The topological polar surface area (TPSA) is 69.7 Å². The maximum absolute atomic E-state index is 13.7. The van der Waals surface area contributed by atoms with Crippen LogP contribution in [0.25, 0.3) is 0 Å². The summed E-state index contributed by atoms with van der Waals surface area (Å²) in [5, 5.41) is 0. The minimum Gasteiger partial charge on any atom is -0.466 e. The van der Waals surface area contributed by atoms with Crippen molar-refractivity contribution in [2.45, 2.75) is 30.6 Å². The number of carbonyl (C=O) groups is 1. The zero-order valence-corrected chi connectivity index (χ0v) is 16.0. The molecule has 1 saturated carbocycles. The van der Waals surface area contributed by atoms with E-state index in [9.17, 15) is 17.6 Å². The fourth-order valence-corrected chi connectivity index (χ4v) is 4.16. The van der Waals surface area contributed by atoms with Crippen LogP contribution in [0.3, 0.4) is 0 Å². The lowest BCUT2D eigenvalue weighted by Gasteiger charge is -2.18. The third-order valence-electron chi connectivity index (χ3n) is 4.90. The summed E-state index contributed by atoms with van der Waals surface area (Å²) in [6.07, 6.45) is 0.549. The van der Waals surface area contributed by atoms with Crippen LogP contribution in [0.5, 0.6) is 0 Å². The SMILES string of the molecule is CC(=O)OCC1CC1(COS(=O)(=O)c1ccc(C)cc1)c1cccc(F)c1. The predicted octanol–water partition coefficient (Wildman–Crippen LogP) is 3.36. The molecule has 2 atom stereocenters. The van der Waals surface area contributed by atoms with Gasteiger partial charge in [0.25, 0.3) is 10.1 Å². The van der Waals surface area contributed by atoms with Gasteiger partial charge in [-0.2, -0.15) is 8.42 Å². The quantitative estimate of drug-likeness (QED) is 0.534. The molecule has 3 rings (SSSR count). The van der Waals surface area contributed by atoms with Gasteiger partial charge in [0.1, 0.15) is 5.82 Å². The van der Waals surface area contributed by atoms with Crippen molar-refractivity contribution < 1.29 is 26.5 Å². The summed E-state index contributed by atoms with van der Waals surface area (Å²) in [5.74, 6) is -0.953. The molecule has 0 N–H and O–H groups in total. The van der Waals surface area contributed by atoms with Gasteiger partial charge in [0, 0.05) is 18.3 Å². The second-order valence-corrected chi connectivity index (χ2v) is 8.51. The molecule has 0 aliphatic heterocycles. The average Bonchev–Trinajstić information content (AvgIpc) is 3.33. The number of halogens is 1. The maximum atomic E-state index is 13.7. The van der Waals surface area contributed by atoms with E-state index in [1.54, 1.807) is 24.3 Å². The number of benzene rings is 2. The van der Waals surface area contributed by atoms with Crippen molar-refractivity contribution >= 4 is 16.1 Å². The highest BCUT2D eigenvalue weighted by molar-refractivity contribution is 7.86. The molecule has 0 aromatic heterocycles. The van der Waals surface area contributed by atoms with Gasteiger partial charge in [-0.05, 0) is 43.2 Å². The summed E-state index contributed by atoms with van der Waals surface area (Å²) >= 11 is 0. The smallest absolute Gasteiger partial charge is 0.302 e. The van der Waals surface area contributed by atoms with Gasteiger partial charge < -0.3 is 4.74 Å². The average molecular weight is 392 g/mol. The van der Waals surface area contributed by atoms with Gasteiger partial charge in [-0.25, -0.2) is 4.39 Å². The van der Waals surface area contributed by atoms with Crippen molar-refractivity contribution in [3.05, 3.63) is 65.5 Å². The fourth-order valence-electron chi connectivity index (χ4n) is 3.18. The van der Waals surface area contributed by atoms with Crippen molar-refractivity contribution in [2.24, 2.45) is 5.92 Å². The third kappa shape index (κ3) is 4.36. The van der Waals surface area contributed by atoms with Crippen LogP contribution in [0.4, 0.5) is 4.39 Å². The molecule has 2 aromatic rings. The van der Waals surface area contributed by atoms with Crippen molar-refractivity contribution in [3.8, 4) is 0 Å². The molecule has 1 aliphatic carbocycles. The zero-order chi connectivity index (χ0) is 19.7. The Labute approximate surface area is 158 Å². The molecule has 0 radical (unpaired) electrons. The first kappa shape index (κ1) is 19.5. The molecule has 144 valence electrons. The highest BCUT2D eigenvalue weighted by Gasteiger charge is 2.56. The van der Waals surface area contributed by atoms with E-state index in [1.165, 1.54) is 31.2 Å². The molecular formula is C20H21FO5S. The lowest BCUT2D eigenvalue weighted by atomic mass is 9.94. The molecule has 7 heteroatoms. The van der Waals surface area contributed by atoms with Crippen LogP contribution in [0, 0.1) is 18.7 Å². The van der Waals surface area contributed by atoms with Crippen LogP contribution in [0.15, 0.2) is 53.4 Å². The number of aryl methyl sites for hydroxylation is 1. The number of rotatable bonds is 7. The standard InChI is InChI=1S/C20H21FO5S/c1-14-6-8-19(9-7-14)27(23,24)26-13-20(11-17(20)12-25-15(2)22)16-4-3-5-18(21)10-16/h3-10,17H,11-13H2,1-2H3. The summed E-state index contributed by atoms with van der Waals surface area (Å²) in [4.78, 5) is 11.2. The van der Waals surface area contributed by atoms with E-state index >= 15 is 0 Å². The van der Waals surface area contributed by atoms with E-state index in [4.69, 9.17) is 8.92 Å². The number of hydrogen-bond donors (Lipinski definition) is 0. The molecule has 1 fully saturated rings. The first-order valence-electron chi connectivity index (χ1n) is 8.58. The molecule has 0 amide bonds.